The second-order valence-electron chi connectivity index (χ2n) is 3.45. The molecular formula is C11H10BrN3O2. The number of carbonyl (C=O) groups is 1. The third-order valence-electron chi connectivity index (χ3n) is 2.31. The number of anilines is 2. The van der Waals surface area contributed by atoms with E-state index in [1.54, 1.807) is 19.2 Å². The van der Waals surface area contributed by atoms with Crippen molar-refractivity contribution in [2.75, 3.05) is 17.7 Å². The predicted molar refractivity (Wildman–Crippen MR) is 67.8 cm³/mol. The zero-order chi connectivity index (χ0) is 12.4. The number of nitrogens with two attached hydrogens (primary N) is 1. The molecule has 0 aliphatic rings. The normalized spacial score (nSPS) is 10.2. The van der Waals surface area contributed by atoms with Gasteiger partial charge in [-0.25, -0.2) is 0 Å². The van der Waals surface area contributed by atoms with Crippen molar-refractivity contribution < 1.29 is 9.32 Å². The van der Waals surface area contributed by atoms with Gasteiger partial charge < -0.3 is 15.2 Å². The van der Waals surface area contributed by atoms with Crippen LogP contribution < -0.4 is 10.6 Å². The quantitative estimate of drug-likeness (QED) is 0.863. The minimum absolute atomic E-state index is 0.245. The molecule has 6 heteroatoms. The van der Waals surface area contributed by atoms with Gasteiger partial charge in [-0.05, 0) is 18.2 Å². The third-order valence-corrected chi connectivity index (χ3v) is 2.81. The fraction of sp³-hybridized carbons (Fsp3) is 0.0909. The van der Waals surface area contributed by atoms with Crippen molar-refractivity contribution in [2.45, 2.75) is 0 Å². The van der Waals surface area contributed by atoms with Crippen LogP contribution in [0.3, 0.4) is 0 Å². The molecule has 0 spiro atoms. The van der Waals surface area contributed by atoms with Crippen LogP contribution in [0.2, 0.25) is 0 Å². The summed E-state index contributed by atoms with van der Waals surface area (Å²) in [5.41, 5.74) is 7.23. The van der Waals surface area contributed by atoms with Gasteiger partial charge >= 0.3 is 0 Å². The third kappa shape index (κ3) is 2.31. The summed E-state index contributed by atoms with van der Waals surface area (Å²) in [6.07, 6.45) is 1.35. The highest BCUT2D eigenvalue weighted by atomic mass is 79.9. The summed E-state index contributed by atoms with van der Waals surface area (Å²) >= 11 is 3.31. The van der Waals surface area contributed by atoms with Gasteiger partial charge in [0.05, 0.1) is 11.4 Å². The van der Waals surface area contributed by atoms with Crippen molar-refractivity contribution in [3.63, 3.8) is 0 Å². The molecule has 0 unspecified atom stereocenters. The van der Waals surface area contributed by atoms with Crippen LogP contribution in [0.25, 0.3) is 0 Å². The van der Waals surface area contributed by atoms with E-state index >= 15 is 0 Å². The van der Waals surface area contributed by atoms with Crippen LogP contribution in [0.1, 0.15) is 10.5 Å². The Labute approximate surface area is 106 Å². The van der Waals surface area contributed by atoms with Gasteiger partial charge in [0.15, 0.2) is 5.69 Å². The Morgan fingerprint density at radius 3 is 2.82 bits per heavy atom. The first kappa shape index (κ1) is 11.7. The molecular weight excluding hydrogens is 286 g/mol. The number of aromatic nitrogens is 1. The van der Waals surface area contributed by atoms with Crippen LogP contribution >= 0.6 is 15.9 Å². The summed E-state index contributed by atoms with van der Waals surface area (Å²) in [7, 11) is 1.64. The average molecular weight is 296 g/mol. The highest BCUT2D eigenvalue weighted by Crippen LogP contribution is 2.26. The van der Waals surface area contributed by atoms with Gasteiger partial charge in [-0.15, -0.1) is 0 Å². The van der Waals surface area contributed by atoms with Crippen molar-refractivity contribution in [1.29, 1.82) is 0 Å². The minimum Gasteiger partial charge on any atom is -0.397 e. The van der Waals surface area contributed by atoms with Crippen LogP contribution in [0.5, 0.6) is 0 Å². The molecule has 88 valence electrons. The van der Waals surface area contributed by atoms with Crippen LogP contribution in [-0.2, 0) is 0 Å². The molecule has 1 aromatic carbocycles. The van der Waals surface area contributed by atoms with Gasteiger partial charge in [-0.3, -0.25) is 4.79 Å². The Balaban J connectivity index is 2.31. The van der Waals surface area contributed by atoms with E-state index in [0.717, 1.165) is 4.47 Å². The molecule has 1 amide bonds. The number of nitrogens with zero attached hydrogens (tertiary/aromatic N) is 2. The van der Waals surface area contributed by atoms with Crippen LogP contribution in [0, 0.1) is 0 Å². The molecule has 0 aliphatic heterocycles. The van der Waals surface area contributed by atoms with Gasteiger partial charge in [0.25, 0.3) is 5.91 Å². The average Bonchev–Trinajstić information content (AvgIpc) is 2.80. The number of nitrogen functional groups attached to an aromatic ring is 1. The largest absolute Gasteiger partial charge is 0.397 e. The fourth-order valence-corrected chi connectivity index (χ4v) is 1.81. The van der Waals surface area contributed by atoms with Crippen LogP contribution in [-0.4, -0.2) is 18.1 Å². The molecule has 2 rings (SSSR count). The minimum atomic E-state index is -0.271. The number of hydrogen-bond donors (Lipinski definition) is 1. The molecule has 0 saturated heterocycles. The van der Waals surface area contributed by atoms with Gasteiger partial charge in [0, 0.05) is 17.6 Å². The lowest BCUT2D eigenvalue weighted by Crippen LogP contribution is -2.27. The summed E-state index contributed by atoms with van der Waals surface area (Å²) in [4.78, 5) is 13.4. The molecule has 0 saturated carbocycles. The Bertz CT molecular complexity index is 540. The zero-order valence-electron chi connectivity index (χ0n) is 9.05. The molecule has 2 aromatic rings. The van der Waals surface area contributed by atoms with E-state index in [1.165, 1.54) is 17.2 Å². The monoisotopic (exact) mass is 295 g/mol. The van der Waals surface area contributed by atoms with Crippen molar-refractivity contribution in [2.24, 2.45) is 0 Å². The Morgan fingerprint density at radius 2 is 2.24 bits per heavy atom. The van der Waals surface area contributed by atoms with Gasteiger partial charge in [-0.2, -0.15) is 0 Å². The second kappa shape index (κ2) is 4.58. The molecule has 1 heterocycles. The first-order valence-corrected chi connectivity index (χ1v) is 5.62. The Morgan fingerprint density at radius 1 is 1.47 bits per heavy atom. The van der Waals surface area contributed by atoms with E-state index in [4.69, 9.17) is 5.73 Å². The maximum Gasteiger partial charge on any atom is 0.280 e. The van der Waals surface area contributed by atoms with Crippen molar-refractivity contribution in [1.82, 2.24) is 5.16 Å². The molecule has 2 N–H and O–H groups in total. The topological polar surface area (TPSA) is 72.4 Å². The van der Waals surface area contributed by atoms with E-state index in [1.807, 2.05) is 6.07 Å². The van der Waals surface area contributed by atoms with Crippen molar-refractivity contribution in [3.05, 3.63) is 40.7 Å². The first-order valence-electron chi connectivity index (χ1n) is 4.83. The van der Waals surface area contributed by atoms with Crippen LogP contribution in [0.15, 0.2) is 39.5 Å². The molecule has 0 atom stereocenters. The predicted octanol–water partition coefficient (Wildman–Crippen LogP) is 2.30. The molecule has 0 bridgehead atoms. The van der Waals surface area contributed by atoms with E-state index in [9.17, 15) is 4.79 Å². The summed E-state index contributed by atoms with van der Waals surface area (Å²) in [6, 6.07) is 6.82. The highest BCUT2D eigenvalue weighted by Gasteiger charge is 2.17. The number of halogens is 1. The molecule has 5 nitrogen and oxygen atoms in total. The maximum atomic E-state index is 12.0. The van der Waals surface area contributed by atoms with E-state index < -0.39 is 0 Å². The fourth-order valence-electron chi connectivity index (χ4n) is 1.43. The molecule has 0 fully saturated rings. The molecule has 0 aliphatic carbocycles. The van der Waals surface area contributed by atoms with E-state index in [2.05, 4.69) is 25.6 Å². The smallest absolute Gasteiger partial charge is 0.280 e. The number of rotatable bonds is 2. The highest BCUT2D eigenvalue weighted by molar-refractivity contribution is 9.10. The molecule has 17 heavy (non-hydrogen) atoms. The number of amides is 1. The standard InChI is InChI=1S/C11H10BrN3O2/c1-15(11(16)9-4-5-17-14-9)10-3-2-7(12)6-8(10)13/h2-6H,13H2,1H3. The molecule has 0 radical (unpaired) electrons. The second-order valence-corrected chi connectivity index (χ2v) is 4.37. The summed E-state index contributed by atoms with van der Waals surface area (Å²) in [5.74, 6) is -0.271. The van der Waals surface area contributed by atoms with Crippen LogP contribution in [0.4, 0.5) is 11.4 Å². The SMILES string of the molecule is CN(C(=O)c1ccon1)c1ccc(Br)cc1N. The van der Waals surface area contributed by atoms with Gasteiger partial charge in [0.2, 0.25) is 0 Å². The maximum absolute atomic E-state index is 12.0. The summed E-state index contributed by atoms with van der Waals surface area (Å²) in [6.45, 7) is 0. The van der Waals surface area contributed by atoms with Gasteiger partial charge in [0.1, 0.15) is 6.26 Å². The lowest BCUT2D eigenvalue weighted by molar-refractivity contribution is 0.0984. The van der Waals surface area contributed by atoms with Crippen molar-refractivity contribution >= 4 is 33.2 Å². The van der Waals surface area contributed by atoms with Gasteiger partial charge in [-0.1, -0.05) is 21.1 Å². The zero-order valence-corrected chi connectivity index (χ0v) is 10.6. The lowest BCUT2D eigenvalue weighted by atomic mass is 10.2. The Hall–Kier alpha value is -1.82. The molecule has 1 aromatic heterocycles. The lowest BCUT2D eigenvalue weighted by Gasteiger charge is -2.17. The first-order chi connectivity index (χ1) is 8.09. The van der Waals surface area contributed by atoms with E-state index in [-0.39, 0.29) is 11.6 Å². The number of carbonyl (C=O) groups excluding carboxylic acids is 1. The van der Waals surface area contributed by atoms with Crippen molar-refractivity contribution in [3.8, 4) is 0 Å². The number of benzene rings is 1. The Kier molecular flexibility index (Phi) is 3.14. The summed E-state index contributed by atoms with van der Waals surface area (Å²) < 4.78 is 5.50. The summed E-state index contributed by atoms with van der Waals surface area (Å²) in [5, 5.41) is 3.59. The van der Waals surface area contributed by atoms with E-state index in [0.29, 0.717) is 11.4 Å². The number of hydrogen-bond acceptors (Lipinski definition) is 4.